The molecule has 0 aliphatic rings. The SMILES string of the molecule is CCC(=O)[O-].CCC(=O)[O-].CCC(=O)[O-].CCC(=O)[O-].[Th+4]. The van der Waals surface area contributed by atoms with Gasteiger partial charge in [-0.25, -0.2) is 0 Å². The molecule has 0 aromatic carbocycles. The molecule has 0 saturated carbocycles. The second-order valence-corrected chi connectivity index (χ2v) is 2.90. The number of carbonyl (C=O) groups is 4. The first-order valence-corrected chi connectivity index (χ1v) is 5.88. The molecule has 0 fully saturated rings. The summed E-state index contributed by atoms with van der Waals surface area (Å²) in [5.41, 5.74) is 0. The number of hydrogen-bond donors (Lipinski definition) is 0. The van der Waals surface area contributed by atoms with Gasteiger partial charge in [-0.15, -0.1) is 0 Å². The molecule has 0 atom stereocenters. The Hall–Kier alpha value is -0.795. The molecule has 0 heterocycles. The van der Waals surface area contributed by atoms with Crippen LogP contribution >= 0.6 is 0 Å². The molecular weight excluding hydrogens is 504 g/mol. The number of carbonyl (C=O) groups excluding carboxylic acids is 4. The Kier molecular flexibility index (Phi) is 42.3. The quantitative estimate of drug-likeness (QED) is 0.368. The number of rotatable bonds is 4. The fourth-order valence-electron chi connectivity index (χ4n) is 0. The minimum Gasteiger partial charge on any atom is -0.550 e. The van der Waals surface area contributed by atoms with Crippen LogP contribution in [-0.2, 0) is 19.2 Å². The van der Waals surface area contributed by atoms with Crippen LogP contribution in [0.4, 0.5) is 0 Å². The van der Waals surface area contributed by atoms with Crippen molar-refractivity contribution in [3.63, 3.8) is 0 Å². The number of aliphatic carboxylic acids is 4. The van der Waals surface area contributed by atoms with Gasteiger partial charge in [-0.2, -0.15) is 0 Å². The zero-order valence-corrected chi connectivity index (χ0v) is 16.7. The molecule has 0 N–H and O–H groups in total. The molecule has 0 saturated heterocycles. The smallest absolute Gasteiger partial charge is 0.550 e. The Morgan fingerprint density at radius 1 is 0.524 bits per heavy atom. The van der Waals surface area contributed by atoms with Crippen molar-refractivity contribution in [3.05, 3.63) is 0 Å². The van der Waals surface area contributed by atoms with E-state index in [9.17, 15) is 39.6 Å². The Morgan fingerprint density at radius 2 is 0.571 bits per heavy atom. The van der Waals surface area contributed by atoms with Gasteiger partial charge in [0.05, 0.1) is 0 Å². The average molecular weight is 524 g/mol. The van der Waals surface area contributed by atoms with Gasteiger partial charge >= 0.3 is 39.9 Å². The van der Waals surface area contributed by atoms with Crippen LogP contribution in [-0.4, -0.2) is 23.9 Å². The maximum absolute atomic E-state index is 9.26. The van der Waals surface area contributed by atoms with E-state index in [1.165, 1.54) is 27.7 Å². The van der Waals surface area contributed by atoms with Crippen molar-refractivity contribution < 1.29 is 79.5 Å². The van der Waals surface area contributed by atoms with Crippen LogP contribution in [0.25, 0.3) is 0 Å². The molecule has 0 aromatic heterocycles. The van der Waals surface area contributed by atoms with E-state index >= 15 is 0 Å². The van der Waals surface area contributed by atoms with Gasteiger partial charge in [0.15, 0.2) is 0 Å². The molecule has 0 aliphatic heterocycles. The van der Waals surface area contributed by atoms with Crippen molar-refractivity contribution in [2.24, 2.45) is 0 Å². The van der Waals surface area contributed by atoms with E-state index in [0.29, 0.717) is 0 Å². The molecule has 0 amide bonds. The van der Waals surface area contributed by atoms with E-state index in [1.54, 1.807) is 0 Å². The summed E-state index contributed by atoms with van der Waals surface area (Å²) in [5.74, 6) is -3.98. The molecular formula is C12H20O8Th. The van der Waals surface area contributed by atoms with Crippen molar-refractivity contribution in [2.75, 3.05) is 0 Å². The van der Waals surface area contributed by atoms with Gasteiger partial charge in [0, 0.05) is 23.9 Å². The van der Waals surface area contributed by atoms with Crippen molar-refractivity contribution in [1.29, 1.82) is 0 Å². The monoisotopic (exact) mass is 524 g/mol. The molecule has 0 unspecified atom stereocenters. The molecule has 0 spiro atoms. The van der Waals surface area contributed by atoms with Gasteiger partial charge in [-0.3, -0.25) is 0 Å². The van der Waals surface area contributed by atoms with Gasteiger partial charge in [0.1, 0.15) is 0 Å². The summed E-state index contributed by atoms with van der Waals surface area (Å²) < 4.78 is 0. The number of carboxylic acids is 4. The van der Waals surface area contributed by atoms with Crippen molar-refractivity contribution in [2.45, 2.75) is 53.4 Å². The topological polar surface area (TPSA) is 161 Å². The zero-order valence-electron chi connectivity index (χ0n) is 12.6. The second-order valence-electron chi connectivity index (χ2n) is 2.90. The summed E-state index contributed by atoms with van der Waals surface area (Å²) in [7, 11) is 0. The maximum Gasteiger partial charge on any atom is 4.00 e. The Labute approximate surface area is 156 Å². The standard InChI is InChI=1S/4C3H6O2.Th/c4*1-2-3(4)5;/h4*2H2,1H3,(H,4,5);/q;;;;+4/p-4. The van der Waals surface area contributed by atoms with Gasteiger partial charge < -0.3 is 39.6 Å². The third kappa shape index (κ3) is 110. The van der Waals surface area contributed by atoms with Crippen LogP contribution in [0.15, 0.2) is 0 Å². The summed E-state index contributed by atoms with van der Waals surface area (Å²) >= 11 is 0. The van der Waals surface area contributed by atoms with Gasteiger partial charge in [0.25, 0.3) is 0 Å². The van der Waals surface area contributed by atoms with Gasteiger partial charge in [0.2, 0.25) is 0 Å². The van der Waals surface area contributed by atoms with E-state index < -0.39 is 23.9 Å². The summed E-state index contributed by atoms with van der Waals surface area (Å²) in [6.45, 7) is 6.15. The van der Waals surface area contributed by atoms with E-state index in [4.69, 9.17) is 0 Å². The number of carboxylic acid groups (broad SMARTS) is 4. The van der Waals surface area contributed by atoms with Crippen LogP contribution in [0.2, 0.25) is 0 Å². The first-order chi connectivity index (χ1) is 9.08. The summed E-state index contributed by atoms with van der Waals surface area (Å²) in [6, 6.07) is 0. The van der Waals surface area contributed by atoms with Crippen molar-refractivity contribution in [3.8, 4) is 0 Å². The van der Waals surface area contributed by atoms with Crippen LogP contribution in [0.5, 0.6) is 0 Å². The van der Waals surface area contributed by atoms with Gasteiger partial charge in [-0.1, -0.05) is 27.7 Å². The van der Waals surface area contributed by atoms with Crippen molar-refractivity contribution >= 4 is 23.9 Å². The third-order valence-electron chi connectivity index (χ3n) is 1.15. The van der Waals surface area contributed by atoms with E-state index in [0.717, 1.165) is 0 Å². The van der Waals surface area contributed by atoms with E-state index in [2.05, 4.69) is 0 Å². The Balaban J connectivity index is -0.0000000533. The molecule has 120 valence electrons. The largest absolute Gasteiger partial charge is 4.00 e. The fraction of sp³-hybridized carbons (Fsp3) is 0.667. The van der Waals surface area contributed by atoms with Crippen LogP contribution < -0.4 is 20.4 Å². The average Bonchev–Trinajstić information content (AvgIpc) is 2.40. The summed E-state index contributed by atoms with van der Waals surface area (Å²) in [6.07, 6.45) is 0.444. The predicted molar refractivity (Wildman–Crippen MR) is 61.2 cm³/mol. The summed E-state index contributed by atoms with van der Waals surface area (Å²) in [5, 5.41) is 37.0. The Bertz CT molecular complexity index is 222. The maximum atomic E-state index is 9.26. The first kappa shape index (κ1) is 32.2. The van der Waals surface area contributed by atoms with Crippen LogP contribution in [0.3, 0.4) is 0 Å². The van der Waals surface area contributed by atoms with Crippen molar-refractivity contribution in [1.82, 2.24) is 0 Å². The van der Waals surface area contributed by atoms with E-state index in [-0.39, 0.29) is 65.6 Å². The fourth-order valence-corrected chi connectivity index (χ4v) is 0. The zero-order chi connectivity index (χ0) is 17.1. The van der Waals surface area contributed by atoms with Crippen LogP contribution in [0.1, 0.15) is 53.4 Å². The first-order valence-electron chi connectivity index (χ1n) is 5.88. The molecule has 9 heteroatoms. The normalized spacial score (nSPS) is 7.05. The predicted octanol–water partition coefficient (Wildman–Crippen LogP) is -3.41. The summed E-state index contributed by atoms with van der Waals surface area (Å²) in [4.78, 5) is 37.0. The number of hydrogen-bond acceptors (Lipinski definition) is 8. The minimum absolute atomic E-state index is 0. The third-order valence-corrected chi connectivity index (χ3v) is 1.15. The molecule has 0 aromatic rings. The molecule has 0 radical (unpaired) electrons. The van der Waals surface area contributed by atoms with E-state index in [1.807, 2.05) is 0 Å². The molecule has 8 nitrogen and oxygen atoms in total. The molecule has 0 rings (SSSR count). The minimum atomic E-state index is -0.995. The second kappa shape index (κ2) is 27.5. The molecule has 0 bridgehead atoms. The van der Waals surface area contributed by atoms with Gasteiger partial charge in [-0.05, 0) is 25.7 Å². The Morgan fingerprint density at radius 3 is 0.571 bits per heavy atom. The molecule has 21 heavy (non-hydrogen) atoms. The molecule has 0 aliphatic carbocycles. The van der Waals surface area contributed by atoms with Crippen LogP contribution in [0, 0.1) is 39.9 Å².